The second-order valence-corrected chi connectivity index (χ2v) is 2.79. The van der Waals surface area contributed by atoms with Crippen molar-refractivity contribution in [3.8, 4) is 0 Å². The summed E-state index contributed by atoms with van der Waals surface area (Å²) in [6, 6.07) is 4.71. The van der Waals surface area contributed by atoms with E-state index in [1.165, 1.54) is 6.33 Å². The van der Waals surface area contributed by atoms with Crippen LogP contribution in [0.2, 0.25) is 0 Å². The summed E-state index contributed by atoms with van der Waals surface area (Å²) in [6.07, 6.45) is 3.15. The van der Waals surface area contributed by atoms with Crippen molar-refractivity contribution in [3.63, 3.8) is 0 Å². The third-order valence-electron chi connectivity index (χ3n) is 1.77. The van der Waals surface area contributed by atoms with Crippen molar-refractivity contribution >= 4 is 22.6 Å². The summed E-state index contributed by atoms with van der Waals surface area (Å²) in [4.78, 5) is 18.5. The summed E-state index contributed by atoms with van der Waals surface area (Å²) >= 11 is 0. The fourth-order valence-electron chi connectivity index (χ4n) is 1.20. The van der Waals surface area contributed by atoms with Gasteiger partial charge in [0.2, 0.25) is 0 Å². The van der Waals surface area contributed by atoms with Crippen LogP contribution in [-0.4, -0.2) is 16.0 Å². The number of hydrogen-bond acceptors (Lipinski definition) is 3. The van der Waals surface area contributed by atoms with E-state index in [4.69, 9.17) is 5.73 Å². The molecule has 0 atom stereocenters. The van der Waals surface area contributed by atoms with Crippen LogP contribution in [0.1, 0.15) is 0 Å². The van der Waals surface area contributed by atoms with Gasteiger partial charge in [-0.1, -0.05) is 0 Å². The minimum Gasteiger partial charge on any atom is -0.351 e. The Morgan fingerprint density at radius 1 is 1.43 bits per heavy atom. The lowest BCUT2D eigenvalue weighted by atomic mass is 10.2. The lowest BCUT2D eigenvalue weighted by molar-refractivity contribution is 0.259. The van der Waals surface area contributed by atoms with E-state index in [-0.39, 0.29) is 0 Å². The van der Waals surface area contributed by atoms with E-state index in [1.807, 2.05) is 0 Å². The number of fused-ring (bicyclic) bond motifs is 1. The van der Waals surface area contributed by atoms with Gasteiger partial charge in [-0.15, -0.1) is 0 Å². The van der Waals surface area contributed by atoms with Gasteiger partial charge in [0.15, 0.2) is 0 Å². The molecule has 0 aliphatic rings. The molecule has 2 rings (SSSR count). The van der Waals surface area contributed by atoms with Crippen LogP contribution >= 0.6 is 0 Å². The number of nitrogens with zero attached hydrogens (tertiary/aromatic N) is 2. The summed E-state index contributed by atoms with van der Waals surface area (Å²) in [6.45, 7) is 0. The van der Waals surface area contributed by atoms with Crippen molar-refractivity contribution < 1.29 is 4.79 Å². The van der Waals surface area contributed by atoms with E-state index < -0.39 is 6.03 Å². The SMILES string of the molecule is NC(=O)Nc1ccc2ncncc2c1. The zero-order valence-corrected chi connectivity index (χ0v) is 7.27. The highest BCUT2D eigenvalue weighted by Gasteiger charge is 1.98. The lowest BCUT2D eigenvalue weighted by Gasteiger charge is -2.02. The third kappa shape index (κ3) is 1.61. The Morgan fingerprint density at radius 2 is 2.29 bits per heavy atom. The van der Waals surface area contributed by atoms with Gasteiger partial charge < -0.3 is 11.1 Å². The number of amides is 2. The first-order valence-corrected chi connectivity index (χ1v) is 4.02. The number of rotatable bonds is 1. The first-order valence-electron chi connectivity index (χ1n) is 4.02. The van der Waals surface area contributed by atoms with Gasteiger partial charge in [0, 0.05) is 17.3 Å². The molecule has 5 nitrogen and oxygen atoms in total. The number of primary amides is 1. The molecular formula is C9H8N4O. The molecule has 0 saturated carbocycles. The number of carbonyl (C=O) groups excluding carboxylic acids is 1. The minimum absolute atomic E-state index is 0.582. The van der Waals surface area contributed by atoms with Crippen LogP contribution in [0.4, 0.5) is 10.5 Å². The Morgan fingerprint density at radius 3 is 3.07 bits per heavy atom. The van der Waals surface area contributed by atoms with Crippen LogP contribution in [0, 0.1) is 0 Å². The molecule has 0 aliphatic carbocycles. The standard InChI is InChI=1S/C9H8N4O/c10-9(14)13-7-1-2-8-6(3-7)4-11-5-12-8/h1-5H,(H3,10,13,14). The van der Waals surface area contributed by atoms with Gasteiger partial charge >= 0.3 is 6.03 Å². The number of benzene rings is 1. The fourth-order valence-corrected chi connectivity index (χ4v) is 1.20. The van der Waals surface area contributed by atoms with Crippen molar-refractivity contribution in [2.24, 2.45) is 5.73 Å². The van der Waals surface area contributed by atoms with Gasteiger partial charge in [-0.05, 0) is 18.2 Å². The van der Waals surface area contributed by atoms with Crippen molar-refractivity contribution in [2.45, 2.75) is 0 Å². The number of hydrogen-bond donors (Lipinski definition) is 2. The fraction of sp³-hybridized carbons (Fsp3) is 0. The summed E-state index contributed by atoms with van der Waals surface area (Å²) in [7, 11) is 0. The maximum Gasteiger partial charge on any atom is 0.316 e. The molecule has 70 valence electrons. The molecule has 3 N–H and O–H groups in total. The molecular weight excluding hydrogens is 180 g/mol. The van der Waals surface area contributed by atoms with Crippen molar-refractivity contribution in [1.82, 2.24) is 9.97 Å². The first kappa shape index (κ1) is 8.43. The Bertz CT molecular complexity index is 483. The monoisotopic (exact) mass is 188 g/mol. The van der Waals surface area contributed by atoms with Gasteiger partial charge in [0.25, 0.3) is 0 Å². The van der Waals surface area contributed by atoms with E-state index in [9.17, 15) is 4.79 Å². The lowest BCUT2D eigenvalue weighted by Crippen LogP contribution is -2.19. The van der Waals surface area contributed by atoms with Crippen molar-refractivity contribution in [1.29, 1.82) is 0 Å². The molecule has 0 bridgehead atoms. The summed E-state index contributed by atoms with van der Waals surface area (Å²) < 4.78 is 0. The zero-order chi connectivity index (χ0) is 9.97. The predicted molar refractivity (Wildman–Crippen MR) is 52.7 cm³/mol. The van der Waals surface area contributed by atoms with E-state index in [1.54, 1.807) is 24.4 Å². The van der Waals surface area contributed by atoms with Crippen LogP contribution in [0.5, 0.6) is 0 Å². The number of carbonyl (C=O) groups is 1. The van der Waals surface area contributed by atoms with Crippen LogP contribution < -0.4 is 11.1 Å². The van der Waals surface area contributed by atoms with Crippen LogP contribution in [-0.2, 0) is 0 Å². The molecule has 0 radical (unpaired) electrons. The summed E-state index contributed by atoms with van der Waals surface area (Å²) in [5.41, 5.74) is 6.45. The molecule has 1 aromatic heterocycles. The van der Waals surface area contributed by atoms with E-state index in [2.05, 4.69) is 15.3 Å². The molecule has 0 fully saturated rings. The minimum atomic E-state index is -0.582. The number of nitrogens with two attached hydrogens (primary N) is 1. The molecule has 14 heavy (non-hydrogen) atoms. The number of aromatic nitrogens is 2. The third-order valence-corrected chi connectivity index (χ3v) is 1.77. The van der Waals surface area contributed by atoms with Crippen molar-refractivity contribution in [2.75, 3.05) is 5.32 Å². The van der Waals surface area contributed by atoms with Gasteiger partial charge in [0.05, 0.1) is 5.52 Å². The molecule has 0 spiro atoms. The average Bonchev–Trinajstić information content (AvgIpc) is 2.17. The highest BCUT2D eigenvalue weighted by molar-refractivity contribution is 5.91. The Hall–Kier alpha value is -2.17. The van der Waals surface area contributed by atoms with Gasteiger partial charge in [-0.25, -0.2) is 14.8 Å². The molecule has 5 heteroatoms. The van der Waals surface area contributed by atoms with Gasteiger partial charge in [-0.3, -0.25) is 0 Å². The maximum atomic E-state index is 10.6. The Kier molecular flexibility index (Phi) is 1.98. The predicted octanol–water partition coefficient (Wildman–Crippen LogP) is 1.12. The van der Waals surface area contributed by atoms with Gasteiger partial charge in [0.1, 0.15) is 6.33 Å². The molecule has 0 aliphatic heterocycles. The molecule has 1 aromatic carbocycles. The highest BCUT2D eigenvalue weighted by atomic mass is 16.2. The molecule has 2 amide bonds. The van der Waals surface area contributed by atoms with Crippen molar-refractivity contribution in [3.05, 3.63) is 30.7 Å². The first-order chi connectivity index (χ1) is 6.75. The highest BCUT2D eigenvalue weighted by Crippen LogP contribution is 2.15. The summed E-state index contributed by atoms with van der Waals surface area (Å²) in [5.74, 6) is 0. The normalized spacial score (nSPS) is 10.0. The van der Waals surface area contributed by atoms with E-state index in [0.29, 0.717) is 5.69 Å². The Balaban J connectivity index is 2.46. The number of nitrogens with one attached hydrogen (secondary N) is 1. The van der Waals surface area contributed by atoms with Crippen LogP contribution in [0.25, 0.3) is 10.9 Å². The quantitative estimate of drug-likeness (QED) is 0.703. The van der Waals surface area contributed by atoms with Crippen LogP contribution in [0.15, 0.2) is 30.7 Å². The number of urea groups is 1. The molecule has 2 aromatic rings. The second-order valence-electron chi connectivity index (χ2n) is 2.79. The molecule has 0 unspecified atom stereocenters. The topological polar surface area (TPSA) is 80.9 Å². The number of anilines is 1. The van der Waals surface area contributed by atoms with Gasteiger partial charge in [-0.2, -0.15) is 0 Å². The van der Waals surface area contributed by atoms with Crippen LogP contribution in [0.3, 0.4) is 0 Å². The maximum absolute atomic E-state index is 10.6. The molecule has 1 heterocycles. The van der Waals surface area contributed by atoms with E-state index in [0.717, 1.165) is 10.9 Å². The summed E-state index contributed by atoms with van der Waals surface area (Å²) in [5, 5.41) is 3.34. The average molecular weight is 188 g/mol. The molecule has 0 saturated heterocycles. The van der Waals surface area contributed by atoms with E-state index >= 15 is 0 Å². The largest absolute Gasteiger partial charge is 0.351 e. The zero-order valence-electron chi connectivity index (χ0n) is 7.27. The Labute approximate surface area is 80.0 Å². The smallest absolute Gasteiger partial charge is 0.316 e. The second kappa shape index (κ2) is 3.29.